The summed E-state index contributed by atoms with van der Waals surface area (Å²) in [5.41, 5.74) is 2.46. The summed E-state index contributed by atoms with van der Waals surface area (Å²) in [7, 11) is 0. The van der Waals surface area contributed by atoms with E-state index in [-0.39, 0.29) is 5.91 Å². The van der Waals surface area contributed by atoms with Gasteiger partial charge in [-0.2, -0.15) is 0 Å². The molecule has 0 aliphatic rings. The van der Waals surface area contributed by atoms with E-state index in [1.54, 1.807) is 12.1 Å². The topological polar surface area (TPSA) is 42.2 Å². The van der Waals surface area contributed by atoms with Crippen molar-refractivity contribution >= 4 is 33.4 Å². The number of carbonyl (C=O) groups is 1. The van der Waals surface area contributed by atoms with Crippen molar-refractivity contribution in [1.29, 1.82) is 0 Å². The maximum atomic E-state index is 12.2. The van der Waals surface area contributed by atoms with Gasteiger partial charge >= 0.3 is 0 Å². The molecule has 1 heterocycles. The van der Waals surface area contributed by atoms with Gasteiger partial charge in [0.15, 0.2) is 0 Å². The molecule has 0 saturated heterocycles. The van der Waals surface area contributed by atoms with Crippen molar-refractivity contribution in [2.24, 2.45) is 0 Å². The van der Waals surface area contributed by atoms with Crippen molar-refractivity contribution in [2.45, 2.75) is 13.5 Å². The van der Waals surface area contributed by atoms with Gasteiger partial charge in [0.05, 0.1) is 6.54 Å². The van der Waals surface area contributed by atoms with Gasteiger partial charge in [0.1, 0.15) is 11.5 Å². The molecule has 5 heteroatoms. The fraction of sp³-hybridized carbons (Fsp3) is 0.105. The number of benzene rings is 2. The van der Waals surface area contributed by atoms with Crippen LogP contribution in [0.1, 0.15) is 21.7 Å². The Labute approximate surface area is 153 Å². The molecule has 0 radical (unpaired) electrons. The summed E-state index contributed by atoms with van der Waals surface area (Å²) in [5, 5.41) is 3.42. The Bertz CT molecular complexity index is 871. The van der Waals surface area contributed by atoms with Gasteiger partial charge in [0.2, 0.25) is 0 Å². The number of rotatable bonds is 4. The summed E-state index contributed by atoms with van der Waals surface area (Å²) in [5.74, 6) is 1.28. The van der Waals surface area contributed by atoms with E-state index in [9.17, 15) is 4.79 Å². The standard InChI is InChI=1S/C19H15BrClNO2/c1-12-2-3-14(10-17(12)21)19(23)22-11-16-8-9-18(24-16)13-4-6-15(20)7-5-13/h2-10H,11H2,1H3,(H,22,23). The summed E-state index contributed by atoms with van der Waals surface area (Å²) in [4.78, 5) is 12.2. The smallest absolute Gasteiger partial charge is 0.251 e. The van der Waals surface area contributed by atoms with Crippen LogP contribution in [-0.2, 0) is 6.54 Å². The quantitative estimate of drug-likeness (QED) is 0.615. The number of hydrogen-bond donors (Lipinski definition) is 1. The minimum atomic E-state index is -0.182. The Morgan fingerprint density at radius 1 is 1.12 bits per heavy atom. The molecule has 0 aliphatic carbocycles. The molecular formula is C19H15BrClNO2. The second-order valence-corrected chi connectivity index (χ2v) is 6.74. The minimum Gasteiger partial charge on any atom is -0.459 e. The van der Waals surface area contributed by atoms with E-state index in [0.717, 1.165) is 21.4 Å². The first-order valence-corrected chi connectivity index (χ1v) is 8.59. The molecule has 0 fully saturated rings. The highest BCUT2D eigenvalue weighted by molar-refractivity contribution is 9.10. The van der Waals surface area contributed by atoms with E-state index in [1.165, 1.54) is 0 Å². The average Bonchev–Trinajstić information content (AvgIpc) is 3.05. The predicted molar refractivity (Wildman–Crippen MR) is 99.2 cm³/mol. The van der Waals surface area contributed by atoms with E-state index < -0.39 is 0 Å². The molecule has 0 bridgehead atoms. The molecule has 0 unspecified atom stereocenters. The van der Waals surface area contributed by atoms with E-state index in [0.29, 0.717) is 22.9 Å². The van der Waals surface area contributed by atoms with Crippen molar-refractivity contribution < 1.29 is 9.21 Å². The molecule has 0 atom stereocenters. The SMILES string of the molecule is Cc1ccc(C(=O)NCc2ccc(-c3ccc(Br)cc3)o2)cc1Cl. The fourth-order valence-corrected chi connectivity index (χ4v) is 2.69. The summed E-state index contributed by atoms with van der Waals surface area (Å²) < 4.78 is 6.80. The zero-order valence-electron chi connectivity index (χ0n) is 13.0. The van der Waals surface area contributed by atoms with Crippen LogP contribution in [0.5, 0.6) is 0 Å². The van der Waals surface area contributed by atoms with Crippen LogP contribution in [0.4, 0.5) is 0 Å². The number of hydrogen-bond acceptors (Lipinski definition) is 2. The van der Waals surface area contributed by atoms with Crippen molar-refractivity contribution in [3.05, 3.63) is 81.0 Å². The third kappa shape index (κ3) is 3.89. The normalized spacial score (nSPS) is 10.6. The molecule has 122 valence electrons. The molecule has 1 amide bonds. The van der Waals surface area contributed by atoms with Gasteiger partial charge in [-0.15, -0.1) is 0 Å². The molecule has 1 aromatic heterocycles. The van der Waals surface area contributed by atoms with Crippen LogP contribution in [0.25, 0.3) is 11.3 Å². The third-order valence-corrected chi connectivity index (χ3v) is 4.58. The Kier molecular flexibility index (Phi) is 5.07. The van der Waals surface area contributed by atoms with Crippen LogP contribution in [0.15, 0.2) is 63.5 Å². The second-order valence-electron chi connectivity index (χ2n) is 5.42. The van der Waals surface area contributed by atoms with E-state index in [4.69, 9.17) is 16.0 Å². The summed E-state index contributed by atoms with van der Waals surface area (Å²) in [6.07, 6.45) is 0. The maximum absolute atomic E-state index is 12.2. The monoisotopic (exact) mass is 403 g/mol. The van der Waals surface area contributed by atoms with Crippen LogP contribution in [0, 0.1) is 6.92 Å². The molecule has 3 rings (SSSR count). The van der Waals surface area contributed by atoms with Crippen LogP contribution >= 0.6 is 27.5 Å². The molecule has 3 aromatic rings. The van der Waals surface area contributed by atoms with Crippen LogP contribution < -0.4 is 5.32 Å². The minimum absolute atomic E-state index is 0.182. The second kappa shape index (κ2) is 7.24. The molecule has 0 aliphatic heterocycles. The van der Waals surface area contributed by atoms with Gasteiger partial charge in [0.25, 0.3) is 5.91 Å². The Hall–Kier alpha value is -2.04. The molecular weight excluding hydrogens is 390 g/mol. The number of amides is 1. The van der Waals surface area contributed by atoms with Gasteiger partial charge < -0.3 is 9.73 Å². The highest BCUT2D eigenvalue weighted by Crippen LogP contribution is 2.24. The largest absolute Gasteiger partial charge is 0.459 e. The summed E-state index contributed by atoms with van der Waals surface area (Å²) in [6.45, 7) is 2.22. The highest BCUT2D eigenvalue weighted by Gasteiger charge is 2.09. The summed E-state index contributed by atoms with van der Waals surface area (Å²) >= 11 is 9.46. The van der Waals surface area contributed by atoms with E-state index in [2.05, 4.69) is 21.2 Å². The number of halogens is 2. The first-order chi connectivity index (χ1) is 11.5. The predicted octanol–water partition coefficient (Wildman–Crippen LogP) is 5.60. The first kappa shape index (κ1) is 16.8. The zero-order valence-corrected chi connectivity index (χ0v) is 15.3. The third-order valence-electron chi connectivity index (χ3n) is 3.65. The Balaban J connectivity index is 1.65. The molecule has 3 nitrogen and oxygen atoms in total. The van der Waals surface area contributed by atoms with Gasteiger partial charge in [-0.05, 0) is 48.9 Å². The van der Waals surface area contributed by atoms with E-state index in [1.807, 2.05) is 49.4 Å². The summed E-state index contributed by atoms with van der Waals surface area (Å²) in [6, 6.07) is 16.9. The average molecular weight is 405 g/mol. The zero-order chi connectivity index (χ0) is 17.1. The molecule has 0 saturated carbocycles. The fourth-order valence-electron chi connectivity index (χ4n) is 2.25. The van der Waals surface area contributed by atoms with Crippen LogP contribution in [0.3, 0.4) is 0 Å². The van der Waals surface area contributed by atoms with Crippen molar-refractivity contribution in [2.75, 3.05) is 0 Å². The van der Waals surface area contributed by atoms with Gasteiger partial charge in [-0.1, -0.05) is 45.7 Å². The Morgan fingerprint density at radius 2 is 1.88 bits per heavy atom. The van der Waals surface area contributed by atoms with Crippen LogP contribution in [-0.4, -0.2) is 5.91 Å². The van der Waals surface area contributed by atoms with E-state index >= 15 is 0 Å². The van der Waals surface area contributed by atoms with Crippen molar-refractivity contribution in [3.8, 4) is 11.3 Å². The highest BCUT2D eigenvalue weighted by atomic mass is 79.9. The maximum Gasteiger partial charge on any atom is 0.251 e. The molecule has 0 spiro atoms. The number of furan rings is 1. The Morgan fingerprint density at radius 3 is 2.58 bits per heavy atom. The molecule has 24 heavy (non-hydrogen) atoms. The number of nitrogens with one attached hydrogen (secondary N) is 1. The number of aryl methyl sites for hydroxylation is 1. The van der Waals surface area contributed by atoms with Gasteiger partial charge in [0, 0.05) is 20.6 Å². The van der Waals surface area contributed by atoms with Crippen molar-refractivity contribution in [1.82, 2.24) is 5.32 Å². The number of carbonyl (C=O) groups excluding carboxylic acids is 1. The molecule has 2 aromatic carbocycles. The lowest BCUT2D eigenvalue weighted by Gasteiger charge is -2.05. The van der Waals surface area contributed by atoms with Crippen molar-refractivity contribution in [3.63, 3.8) is 0 Å². The van der Waals surface area contributed by atoms with Gasteiger partial charge in [-0.25, -0.2) is 0 Å². The molecule has 1 N–H and O–H groups in total. The lowest BCUT2D eigenvalue weighted by atomic mass is 10.1. The first-order valence-electron chi connectivity index (χ1n) is 7.42. The van der Waals surface area contributed by atoms with Gasteiger partial charge in [-0.3, -0.25) is 4.79 Å². The van der Waals surface area contributed by atoms with Crippen LogP contribution in [0.2, 0.25) is 5.02 Å². The lowest BCUT2D eigenvalue weighted by molar-refractivity contribution is 0.0948. The lowest BCUT2D eigenvalue weighted by Crippen LogP contribution is -2.22.